The van der Waals surface area contributed by atoms with Crippen LogP contribution in [0.15, 0.2) is 24.3 Å². The first-order valence-corrected chi connectivity index (χ1v) is 5.88. The van der Waals surface area contributed by atoms with Crippen molar-refractivity contribution < 1.29 is 17.7 Å². The van der Waals surface area contributed by atoms with Crippen molar-refractivity contribution in [1.29, 1.82) is 0 Å². The average molecular weight is 239 g/mol. The Morgan fingerprint density at radius 2 is 1.79 bits per heavy atom. The molecule has 0 fully saturated rings. The van der Waals surface area contributed by atoms with Crippen molar-refractivity contribution in [2.75, 3.05) is 7.11 Å². The van der Waals surface area contributed by atoms with Crippen molar-refractivity contribution in [3.8, 4) is 5.75 Å². The molecule has 0 spiro atoms. The van der Waals surface area contributed by atoms with E-state index in [2.05, 4.69) is 10.7 Å². The molecule has 4 nitrogen and oxygen atoms in total. The highest BCUT2D eigenvalue weighted by Crippen LogP contribution is 2.14. The highest BCUT2D eigenvalue weighted by atomic mass is 35.7. The van der Waals surface area contributed by atoms with E-state index in [1.807, 2.05) is 31.2 Å². The van der Waals surface area contributed by atoms with Gasteiger partial charge in [-0.25, -0.2) is 0 Å². The van der Waals surface area contributed by atoms with E-state index in [-0.39, 0.29) is 0 Å². The number of aryl methyl sites for hydroxylation is 1. The second-order valence-electron chi connectivity index (χ2n) is 2.38. The molecule has 0 aliphatic carbocycles. The van der Waals surface area contributed by atoms with Gasteiger partial charge in [0.15, 0.2) is 0 Å². The van der Waals surface area contributed by atoms with Gasteiger partial charge in [0.2, 0.25) is 0 Å². The van der Waals surface area contributed by atoms with Crippen LogP contribution in [0.2, 0.25) is 0 Å². The number of hydrogen-bond acceptors (Lipinski definition) is 3. The molecule has 0 aliphatic heterocycles. The molecule has 0 aliphatic rings. The Balaban J connectivity index is 0.000000292. The van der Waals surface area contributed by atoms with Crippen LogP contribution < -0.4 is 4.74 Å². The molecule has 0 unspecified atom stereocenters. The van der Waals surface area contributed by atoms with Gasteiger partial charge in [-0.2, -0.15) is 8.42 Å². The first-order chi connectivity index (χ1) is 6.34. The summed E-state index contributed by atoms with van der Waals surface area (Å²) >= 11 is 0. The molecule has 0 saturated heterocycles. The average Bonchev–Trinajstić information content (AvgIpc) is 2.02. The zero-order valence-electron chi connectivity index (χ0n) is 7.77. The summed E-state index contributed by atoms with van der Waals surface area (Å²) in [6.07, 6.45) is 0. The molecule has 0 heterocycles. The third kappa shape index (κ3) is 7.85. The highest BCUT2D eigenvalue weighted by molar-refractivity contribution is 8.09. The van der Waals surface area contributed by atoms with Gasteiger partial charge in [-0.05, 0) is 18.6 Å². The van der Waals surface area contributed by atoms with E-state index < -0.39 is 9.33 Å². The van der Waals surface area contributed by atoms with E-state index in [4.69, 9.17) is 17.7 Å². The number of methoxy groups -OCH3 is 1. The Kier molecular flexibility index (Phi) is 5.52. The zero-order valence-corrected chi connectivity index (χ0v) is 9.34. The van der Waals surface area contributed by atoms with Crippen LogP contribution in [0.1, 0.15) is 5.56 Å². The molecule has 0 radical (unpaired) electrons. The molecule has 80 valence electrons. The predicted molar refractivity (Wildman–Crippen MR) is 55.1 cm³/mol. The maximum Gasteiger partial charge on any atom is 0.353 e. The molecule has 1 N–H and O–H groups in total. The van der Waals surface area contributed by atoms with Crippen LogP contribution in [-0.4, -0.2) is 20.1 Å². The number of ether oxygens (including phenoxy) is 1. The van der Waals surface area contributed by atoms with Crippen LogP contribution in [0.3, 0.4) is 0 Å². The van der Waals surface area contributed by atoms with Gasteiger partial charge in [0.1, 0.15) is 5.75 Å². The fourth-order valence-electron chi connectivity index (χ4n) is 0.785. The minimum Gasteiger partial charge on any atom is -0.496 e. The van der Waals surface area contributed by atoms with Crippen LogP contribution >= 0.6 is 10.7 Å². The van der Waals surface area contributed by atoms with Crippen molar-refractivity contribution in [2.24, 2.45) is 0 Å². The van der Waals surface area contributed by atoms with Crippen molar-refractivity contribution in [1.82, 2.24) is 0 Å². The fraction of sp³-hybridized carbons (Fsp3) is 0.250. The van der Waals surface area contributed by atoms with Crippen LogP contribution in [0, 0.1) is 6.92 Å². The van der Waals surface area contributed by atoms with Gasteiger partial charge >= 0.3 is 9.33 Å². The highest BCUT2D eigenvalue weighted by Gasteiger charge is 1.90. The molecule has 1 rings (SSSR count). The van der Waals surface area contributed by atoms with Gasteiger partial charge in [-0.1, -0.05) is 18.2 Å². The van der Waals surface area contributed by atoms with Gasteiger partial charge in [0, 0.05) is 10.7 Å². The van der Waals surface area contributed by atoms with Gasteiger partial charge in [0.25, 0.3) is 0 Å². The Hall–Kier alpha value is -0.780. The largest absolute Gasteiger partial charge is 0.496 e. The quantitative estimate of drug-likeness (QED) is 0.601. The lowest BCUT2D eigenvalue weighted by atomic mass is 10.2. The molecule has 0 saturated carbocycles. The van der Waals surface area contributed by atoms with Gasteiger partial charge in [-0.3, -0.25) is 4.55 Å². The minimum absolute atomic E-state index is 0.956. The first kappa shape index (κ1) is 13.2. The van der Waals surface area contributed by atoms with Crippen LogP contribution in [0.4, 0.5) is 0 Å². The molecule has 0 aromatic heterocycles. The second-order valence-corrected chi connectivity index (χ2v) is 4.38. The normalized spacial score (nSPS) is 10.0. The lowest BCUT2D eigenvalue weighted by Gasteiger charge is -2.00. The molecule has 1 aromatic rings. The van der Waals surface area contributed by atoms with Gasteiger partial charge < -0.3 is 4.74 Å². The van der Waals surface area contributed by atoms with Crippen molar-refractivity contribution in [3.05, 3.63) is 29.8 Å². The summed E-state index contributed by atoms with van der Waals surface area (Å²) in [4.78, 5) is 0. The third-order valence-corrected chi connectivity index (χ3v) is 1.31. The van der Waals surface area contributed by atoms with E-state index in [1.54, 1.807) is 7.11 Å². The monoisotopic (exact) mass is 238 g/mol. The van der Waals surface area contributed by atoms with E-state index in [0.717, 1.165) is 5.75 Å². The molecule has 0 atom stereocenters. The Morgan fingerprint density at radius 3 is 2.07 bits per heavy atom. The first-order valence-electron chi connectivity index (χ1n) is 3.61. The minimum atomic E-state index is -4.19. The van der Waals surface area contributed by atoms with Crippen molar-refractivity contribution >= 4 is 20.0 Å². The third-order valence-electron chi connectivity index (χ3n) is 1.31. The number of halogens is 1. The molecular formula is C8H11ClO4S. The van der Waals surface area contributed by atoms with E-state index in [1.165, 1.54) is 5.56 Å². The van der Waals surface area contributed by atoms with E-state index in [0.29, 0.717) is 0 Å². The van der Waals surface area contributed by atoms with Crippen LogP contribution in [0.25, 0.3) is 0 Å². The maximum atomic E-state index is 8.95. The summed E-state index contributed by atoms with van der Waals surface area (Å²) in [6.45, 7) is 2.03. The SMILES string of the molecule is COc1ccccc1C.O=S(=O)(O)Cl. The van der Waals surface area contributed by atoms with Gasteiger partial charge in [-0.15, -0.1) is 0 Å². The summed E-state index contributed by atoms with van der Waals surface area (Å²) in [5.41, 5.74) is 1.18. The Labute approximate surface area is 87.7 Å². The zero-order chi connectivity index (χ0) is 11.2. The number of benzene rings is 1. The second kappa shape index (κ2) is 5.85. The Morgan fingerprint density at radius 1 is 1.36 bits per heavy atom. The van der Waals surface area contributed by atoms with Crippen molar-refractivity contribution in [3.63, 3.8) is 0 Å². The Bertz CT molecular complexity index is 367. The summed E-state index contributed by atoms with van der Waals surface area (Å²) in [5.74, 6) is 0.956. The lowest BCUT2D eigenvalue weighted by molar-refractivity contribution is 0.411. The van der Waals surface area contributed by atoms with E-state index in [9.17, 15) is 0 Å². The standard InChI is InChI=1S/C8H10O.ClHO3S/c1-7-5-3-4-6-8(7)9-2;1-5(2,3)4/h3-6H,1-2H3;(H,2,3,4). The molecule has 0 bridgehead atoms. The fourth-order valence-corrected chi connectivity index (χ4v) is 0.785. The summed E-state index contributed by atoms with van der Waals surface area (Å²) in [6, 6.07) is 7.94. The summed E-state index contributed by atoms with van der Waals surface area (Å²) in [5, 5.41) is 0. The molecular weight excluding hydrogens is 228 g/mol. The molecule has 1 aromatic carbocycles. The summed E-state index contributed by atoms with van der Waals surface area (Å²) < 4.78 is 30.2. The molecule has 6 heteroatoms. The van der Waals surface area contributed by atoms with Crippen LogP contribution in [0.5, 0.6) is 5.75 Å². The van der Waals surface area contributed by atoms with Gasteiger partial charge in [0.05, 0.1) is 7.11 Å². The lowest BCUT2D eigenvalue weighted by Crippen LogP contribution is -1.84. The maximum absolute atomic E-state index is 8.95. The van der Waals surface area contributed by atoms with Crippen molar-refractivity contribution in [2.45, 2.75) is 6.92 Å². The smallest absolute Gasteiger partial charge is 0.353 e. The number of rotatable bonds is 1. The topological polar surface area (TPSA) is 63.6 Å². The van der Waals surface area contributed by atoms with E-state index >= 15 is 0 Å². The number of hydrogen-bond donors (Lipinski definition) is 1. The molecule has 14 heavy (non-hydrogen) atoms. The number of para-hydroxylation sites is 1. The molecule has 0 amide bonds. The summed E-state index contributed by atoms with van der Waals surface area (Å²) in [7, 11) is 1.55. The predicted octanol–water partition coefficient (Wildman–Crippen LogP) is 2.03. The van der Waals surface area contributed by atoms with Crippen LogP contribution in [-0.2, 0) is 9.33 Å².